The van der Waals surface area contributed by atoms with E-state index in [1.54, 1.807) is 61.5 Å². The molecule has 1 amide bonds. The van der Waals surface area contributed by atoms with Crippen LogP contribution in [0.1, 0.15) is 10.4 Å². The molecule has 7 nitrogen and oxygen atoms in total. The quantitative estimate of drug-likeness (QED) is 0.393. The van der Waals surface area contributed by atoms with Crippen molar-refractivity contribution < 1.29 is 19.0 Å². The molecule has 0 radical (unpaired) electrons. The number of methoxy groups -OCH3 is 3. The topological polar surface area (TPSA) is 74.6 Å². The molecule has 0 unspecified atom stereocenters. The Morgan fingerprint density at radius 1 is 0.909 bits per heavy atom. The fraction of sp³-hybridized carbons (Fsp3) is 0.120. The summed E-state index contributed by atoms with van der Waals surface area (Å²) in [4.78, 5) is 13.5. The summed E-state index contributed by atoms with van der Waals surface area (Å²) in [6.07, 6.45) is 1.68. The van der Waals surface area contributed by atoms with E-state index in [9.17, 15) is 4.79 Å². The van der Waals surface area contributed by atoms with Crippen LogP contribution in [0.15, 0.2) is 72.9 Å². The van der Waals surface area contributed by atoms with Gasteiger partial charge in [-0.25, -0.2) is 4.68 Å². The van der Waals surface area contributed by atoms with Gasteiger partial charge in [0.2, 0.25) is 0 Å². The first kappa shape index (κ1) is 22.2. The number of anilines is 1. The molecule has 0 aliphatic carbocycles. The van der Waals surface area contributed by atoms with Crippen LogP contribution in [0.2, 0.25) is 5.02 Å². The van der Waals surface area contributed by atoms with Crippen molar-refractivity contribution in [1.82, 2.24) is 9.78 Å². The molecule has 33 heavy (non-hydrogen) atoms. The highest BCUT2D eigenvalue weighted by molar-refractivity contribution is 6.31. The van der Waals surface area contributed by atoms with Gasteiger partial charge in [-0.3, -0.25) is 4.79 Å². The van der Waals surface area contributed by atoms with E-state index < -0.39 is 0 Å². The Morgan fingerprint density at radius 2 is 1.64 bits per heavy atom. The van der Waals surface area contributed by atoms with Gasteiger partial charge in [0.15, 0.2) is 0 Å². The second-order valence-corrected chi connectivity index (χ2v) is 7.47. The van der Waals surface area contributed by atoms with Crippen molar-refractivity contribution in [2.75, 3.05) is 26.6 Å². The molecule has 0 spiro atoms. The minimum absolute atomic E-state index is 0.340. The number of aromatic nitrogens is 2. The van der Waals surface area contributed by atoms with E-state index in [4.69, 9.17) is 30.9 Å². The number of carbonyl (C=O) groups is 1. The molecule has 8 heteroatoms. The van der Waals surface area contributed by atoms with Gasteiger partial charge >= 0.3 is 0 Å². The molecule has 0 bridgehead atoms. The number of para-hydroxylation sites is 1. The lowest BCUT2D eigenvalue weighted by molar-refractivity contribution is 0.102. The summed E-state index contributed by atoms with van der Waals surface area (Å²) in [6.45, 7) is 0. The number of hydrogen-bond acceptors (Lipinski definition) is 5. The molecule has 4 rings (SSSR count). The molecule has 0 aliphatic rings. The van der Waals surface area contributed by atoms with Gasteiger partial charge in [-0.2, -0.15) is 5.10 Å². The maximum absolute atomic E-state index is 13.5. The maximum Gasteiger partial charge on any atom is 0.259 e. The summed E-state index contributed by atoms with van der Waals surface area (Å²) >= 11 is 6.13. The van der Waals surface area contributed by atoms with Gasteiger partial charge in [0.25, 0.3) is 5.91 Å². The monoisotopic (exact) mass is 463 g/mol. The molecular weight excluding hydrogens is 442 g/mol. The van der Waals surface area contributed by atoms with Crippen LogP contribution in [0.25, 0.3) is 16.9 Å². The Hall–Kier alpha value is -3.97. The van der Waals surface area contributed by atoms with Crippen LogP contribution in [-0.2, 0) is 0 Å². The Balaban J connectivity index is 1.85. The van der Waals surface area contributed by atoms with Crippen molar-refractivity contribution in [3.05, 3.63) is 83.5 Å². The lowest BCUT2D eigenvalue weighted by Crippen LogP contribution is -2.13. The van der Waals surface area contributed by atoms with Gasteiger partial charge in [-0.1, -0.05) is 29.8 Å². The van der Waals surface area contributed by atoms with Crippen LogP contribution in [0.3, 0.4) is 0 Å². The third-order valence-electron chi connectivity index (χ3n) is 5.05. The highest BCUT2D eigenvalue weighted by Crippen LogP contribution is 2.36. The van der Waals surface area contributed by atoms with Gasteiger partial charge in [0.1, 0.15) is 22.9 Å². The predicted octanol–water partition coefficient (Wildman–Crippen LogP) is 5.47. The van der Waals surface area contributed by atoms with Crippen LogP contribution in [-0.4, -0.2) is 37.0 Å². The van der Waals surface area contributed by atoms with Crippen LogP contribution in [0, 0.1) is 0 Å². The smallest absolute Gasteiger partial charge is 0.259 e. The minimum atomic E-state index is -0.377. The molecule has 0 fully saturated rings. The van der Waals surface area contributed by atoms with Gasteiger partial charge in [-0.15, -0.1) is 0 Å². The summed E-state index contributed by atoms with van der Waals surface area (Å²) < 4.78 is 17.9. The second kappa shape index (κ2) is 9.67. The molecule has 1 N–H and O–H groups in total. The van der Waals surface area contributed by atoms with Gasteiger partial charge in [0.05, 0.1) is 38.3 Å². The fourth-order valence-corrected chi connectivity index (χ4v) is 3.59. The zero-order valence-corrected chi connectivity index (χ0v) is 19.1. The number of halogens is 1. The zero-order valence-electron chi connectivity index (χ0n) is 18.3. The third-order valence-corrected chi connectivity index (χ3v) is 5.29. The Morgan fingerprint density at radius 3 is 2.33 bits per heavy atom. The average Bonchev–Trinajstić information content (AvgIpc) is 3.30. The first-order valence-electron chi connectivity index (χ1n) is 10.1. The Bertz CT molecular complexity index is 1290. The van der Waals surface area contributed by atoms with E-state index in [1.807, 2.05) is 30.3 Å². The summed E-state index contributed by atoms with van der Waals surface area (Å²) in [5.74, 6) is 1.28. The summed E-state index contributed by atoms with van der Waals surface area (Å²) in [5, 5.41) is 8.08. The average molecular weight is 464 g/mol. The van der Waals surface area contributed by atoms with Crippen LogP contribution in [0.4, 0.5) is 5.69 Å². The molecule has 0 saturated heterocycles. The Kier molecular flexibility index (Phi) is 6.51. The fourth-order valence-electron chi connectivity index (χ4n) is 3.42. The summed E-state index contributed by atoms with van der Waals surface area (Å²) in [7, 11) is 4.67. The van der Waals surface area contributed by atoms with E-state index in [2.05, 4.69) is 5.32 Å². The van der Waals surface area contributed by atoms with E-state index in [-0.39, 0.29) is 5.91 Å². The van der Waals surface area contributed by atoms with Crippen molar-refractivity contribution in [2.24, 2.45) is 0 Å². The number of rotatable bonds is 7. The molecule has 1 heterocycles. The molecule has 168 valence electrons. The zero-order chi connectivity index (χ0) is 23.4. The Labute approximate surface area is 196 Å². The molecule has 0 aliphatic heterocycles. The van der Waals surface area contributed by atoms with Gasteiger partial charge in [0, 0.05) is 16.8 Å². The van der Waals surface area contributed by atoms with Crippen molar-refractivity contribution in [3.8, 4) is 34.2 Å². The second-order valence-electron chi connectivity index (χ2n) is 7.04. The number of ether oxygens (including phenoxy) is 3. The number of amides is 1. The highest BCUT2D eigenvalue weighted by Gasteiger charge is 2.23. The summed E-state index contributed by atoms with van der Waals surface area (Å²) in [6, 6.07) is 19.9. The van der Waals surface area contributed by atoms with Crippen LogP contribution in [0.5, 0.6) is 17.2 Å². The largest absolute Gasteiger partial charge is 0.497 e. The van der Waals surface area contributed by atoms with Crippen molar-refractivity contribution in [2.45, 2.75) is 0 Å². The lowest BCUT2D eigenvalue weighted by Gasteiger charge is -2.12. The van der Waals surface area contributed by atoms with Gasteiger partial charge < -0.3 is 19.5 Å². The molecule has 4 aromatic rings. The molecule has 1 aromatic heterocycles. The molecule has 3 aromatic carbocycles. The standard InChI is InChI=1S/C25H22ClN3O4/c1-31-18-10-12-22(32-2)19(14-18)24-20(15-29(28-24)17-7-5-4-6-8-17)25(30)27-21-13-16(26)9-11-23(21)33-3/h4-15H,1-3H3,(H,27,30). The predicted molar refractivity (Wildman–Crippen MR) is 128 cm³/mol. The van der Waals surface area contributed by atoms with Crippen LogP contribution < -0.4 is 19.5 Å². The summed E-state index contributed by atoms with van der Waals surface area (Å²) in [5.41, 5.74) is 2.65. The molecular formula is C25H22ClN3O4. The first-order valence-corrected chi connectivity index (χ1v) is 10.4. The van der Waals surface area contributed by atoms with Crippen molar-refractivity contribution in [3.63, 3.8) is 0 Å². The first-order chi connectivity index (χ1) is 16.0. The van der Waals surface area contributed by atoms with Crippen molar-refractivity contribution in [1.29, 1.82) is 0 Å². The normalized spacial score (nSPS) is 10.5. The number of nitrogens with zero attached hydrogens (tertiary/aromatic N) is 2. The van der Waals surface area contributed by atoms with E-state index in [1.165, 1.54) is 7.11 Å². The third kappa shape index (κ3) is 4.63. The van der Waals surface area contributed by atoms with E-state index in [0.29, 0.717) is 44.8 Å². The SMILES string of the molecule is COc1ccc(OC)c(-c2nn(-c3ccccc3)cc2C(=O)Nc2cc(Cl)ccc2OC)c1. The maximum atomic E-state index is 13.5. The van der Waals surface area contributed by atoms with Crippen molar-refractivity contribution >= 4 is 23.2 Å². The minimum Gasteiger partial charge on any atom is -0.497 e. The lowest BCUT2D eigenvalue weighted by atomic mass is 10.1. The number of benzene rings is 3. The number of carbonyl (C=O) groups excluding carboxylic acids is 1. The number of nitrogens with one attached hydrogen (secondary N) is 1. The van der Waals surface area contributed by atoms with E-state index in [0.717, 1.165) is 5.69 Å². The number of hydrogen-bond donors (Lipinski definition) is 1. The molecule has 0 saturated carbocycles. The van der Waals surface area contributed by atoms with Gasteiger partial charge in [-0.05, 0) is 48.5 Å². The molecule has 0 atom stereocenters. The van der Waals surface area contributed by atoms with Crippen LogP contribution >= 0.6 is 11.6 Å². The highest BCUT2D eigenvalue weighted by atomic mass is 35.5. The van der Waals surface area contributed by atoms with E-state index >= 15 is 0 Å².